The van der Waals surface area contributed by atoms with Gasteiger partial charge in [0.1, 0.15) is 13.2 Å². The molecule has 0 aromatic carbocycles. The third-order valence-corrected chi connectivity index (χ3v) is 11.4. The average molecular weight is 799 g/mol. The zero-order valence-corrected chi connectivity index (χ0v) is 37.8. The average Bonchev–Trinajstić information content (AvgIpc) is 3.13. The SMILES string of the molecule is CCCCCCCCCCCCCCCC/C=C/CC/C=C/C(O)C(COP(=O)([O-])OCC[N+](C)(C)C)NC(=O)CCCCCCCCCCCCCCC. The van der Waals surface area contributed by atoms with Crippen LogP contribution in [-0.2, 0) is 18.4 Å². The predicted octanol–water partition coefficient (Wildman–Crippen LogP) is 12.3. The van der Waals surface area contributed by atoms with Crippen LogP contribution in [0.15, 0.2) is 24.3 Å². The van der Waals surface area contributed by atoms with Crippen molar-refractivity contribution in [3.8, 4) is 0 Å². The highest BCUT2D eigenvalue weighted by atomic mass is 31.2. The number of carbonyl (C=O) groups excluding carboxylic acids is 1. The first kappa shape index (κ1) is 54.0. The molecule has 0 saturated carbocycles. The van der Waals surface area contributed by atoms with Gasteiger partial charge in [-0.1, -0.05) is 199 Å². The van der Waals surface area contributed by atoms with Gasteiger partial charge in [-0.3, -0.25) is 9.36 Å². The highest BCUT2D eigenvalue weighted by Gasteiger charge is 2.23. The lowest BCUT2D eigenvalue weighted by Gasteiger charge is -2.29. The van der Waals surface area contributed by atoms with Crippen LogP contribution >= 0.6 is 7.82 Å². The number of carbonyl (C=O) groups is 1. The van der Waals surface area contributed by atoms with Gasteiger partial charge in [0.05, 0.1) is 39.9 Å². The fraction of sp³-hybridized carbons (Fsp3) is 0.891. The van der Waals surface area contributed by atoms with E-state index in [-0.39, 0.29) is 19.1 Å². The molecule has 1 amide bonds. The molecule has 326 valence electrons. The smallest absolute Gasteiger partial charge is 0.268 e. The summed E-state index contributed by atoms with van der Waals surface area (Å²) in [6.07, 6.45) is 45.1. The molecule has 0 saturated heterocycles. The summed E-state index contributed by atoms with van der Waals surface area (Å²) >= 11 is 0. The molecule has 3 unspecified atom stereocenters. The maximum Gasteiger partial charge on any atom is 0.268 e. The third kappa shape index (κ3) is 41.0. The Morgan fingerprint density at radius 3 is 1.47 bits per heavy atom. The number of aliphatic hydroxyl groups is 1. The van der Waals surface area contributed by atoms with E-state index in [4.69, 9.17) is 9.05 Å². The van der Waals surface area contributed by atoms with E-state index in [0.29, 0.717) is 17.4 Å². The van der Waals surface area contributed by atoms with Crippen LogP contribution in [0.2, 0.25) is 0 Å². The number of amides is 1. The van der Waals surface area contributed by atoms with Gasteiger partial charge in [-0.15, -0.1) is 0 Å². The Labute approximate surface area is 341 Å². The highest BCUT2D eigenvalue weighted by Crippen LogP contribution is 2.38. The van der Waals surface area contributed by atoms with Gasteiger partial charge < -0.3 is 28.8 Å². The van der Waals surface area contributed by atoms with Gasteiger partial charge >= 0.3 is 0 Å². The second kappa shape index (κ2) is 38.5. The molecule has 8 nitrogen and oxygen atoms in total. The van der Waals surface area contributed by atoms with Crippen LogP contribution in [-0.4, -0.2) is 68.5 Å². The lowest BCUT2D eigenvalue weighted by molar-refractivity contribution is -0.870. The van der Waals surface area contributed by atoms with Crippen LogP contribution in [0, 0.1) is 0 Å². The van der Waals surface area contributed by atoms with E-state index >= 15 is 0 Å². The van der Waals surface area contributed by atoms with Gasteiger partial charge in [0.2, 0.25) is 5.91 Å². The van der Waals surface area contributed by atoms with Gasteiger partial charge in [-0.2, -0.15) is 0 Å². The number of quaternary nitrogens is 1. The van der Waals surface area contributed by atoms with E-state index in [1.165, 1.54) is 154 Å². The summed E-state index contributed by atoms with van der Waals surface area (Å²) in [5.74, 6) is -0.206. The van der Waals surface area contributed by atoms with Crippen molar-refractivity contribution in [2.75, 3.05) is 40.9 Å². The Morgan fingerprint density at radius 1 is 0.618 bits per heavy atom. The molecule has 55 heavy (non-hydrogen) atoms. The molecule has 0 aliphatic rings. The second-order valence-electron chi connectivity index (χ2n) is 17.1. The largest absolute Gasteiger partial charge is 0.756 e. The van der Waals surface area contributed by atoms with Gasteiger partial charge in [0.15, 0.2) is 0 Å². The van der Waals surface area contributed by atoms with Crippen LogP contribution in [0.4, 0.5) is 0 Å². The zero-order chi connectivity index (χ0) is 40.7. The molecule has 0 bridgehead atoms. The minimum absolute atomic E-state index is 0.00424. The number of unbranched alkanes of at least 4 members (excludes halogenated alkanes) is 27. The molecule has 0 aliphatic carbocycles. The van der Waals surface area contributed by atoms with Crippen molar-refractivity contribution in [2.45, 2.75) is 225 Å². The number of rotatable bonds is 42. The second-order valence-corrected chi connectivity index (χ2v) is 18.5. The Bertz CT molecular complexity index is 953. The summed E-state index contributed by atoms with van der Waals surface area (Å²) in [6, 6.07) is -0.897. The number of aliphatic hydroxyl groups excluding tert-OH is 1. The molecular formula is C46H91N2O6P. The van der Waals surface area contributed by atoms with Gasteiger partial charge in [0, 0.05) is 6.42 Å². The fourth-order valence-corrected chi connectivity index (χ4v) is 7.42. The number of phosphoric ester groups is 1. The fourth-order valence-electron chi connectivity index (χ4n) is 6.70. The zero-order valence-electron chi connectivity index (χ0n) is 36.9. The quantitative estimate of drug-likeness (QED) is 0.0276. The molecule has 3 atom stereocenters. The van der Waals surface area contributed by atoms with Crippen LogP contribution in [0.25, 0.3) is 0 Å². The van der Waals surface area contributed by atoms with Crippen molar-refractivity contribution in [1.82, 2.24) is 5.32 Å². The first-order chi connectivity index (χ1) is 26.5. The standard InChI is InChI=1S/C46H91N2O6P/c1-6-8-10-12-14-16-18-20-21-22-23-24-25-26-28-29-31-33-35-37-39-45(49)44(43-54-55(51,52)53-42-41-48(3,4)5)47-46(50)40-38-36-34-32-30-27-19-17-15-13-11-9-7-2/h29,31,37,39,44-45,49H,6-28,30,32-36,38,40-43H2,1-5H3,(H-,47,50,51,52)/b31-29+,39-37+. The van der Waals surface area contributed by atoms with Crippen molar-refractivity contribution >= 4 is 13.7 Å². The summed E-state index contributed by atoms with van der Waals surface area (Å²) in [5, 5.41) is 13.8. The Hall–Kier alpha value is -1.02. The maximum absolute atomic E-state index is 12.8. The first-order valence-corrected chi connectivity index (χ1v) is 24.7. The molecule has 9 heteroatoms. The number of likely N-dealkylation sites (N-methyl/N-ethyl adjacent to an activating group) is 1. The molecule has 0 aromatic heterocycles. The number of nitrogens with one attached hydrogen (secondary N) is 1. The van der Waals surface area contributed by atoms with E-state index in [2.05, 4.69) is 31.3 Å². The minimum atomic E-state index is -4.59. The highest BCUT2D eigenvalue weighted by molar-refractivity contribution is 7.45. The molecule has 0 heterocycles. The first-order valence-electron chi connectivity index (χ1n) is 23.2. The minimum Gasteiger partial charge on any atom is -0.756 e. The van der Waals surface area contributed by atoms with Crippen LogP contribution in [0.1, 0.15) is 213 Å². The van der Waals surface area contributed by atoms with Crippen LogP contribution in [0.3, 0.4) is 0 Å². The summed E-state index contributed by atoms with van der Waals surface area (Å²) < 4.78 is 23.2. The van der Waals surface area contributed by atoms with E-state index in [9.17, 15) is 19.4 Å². The monoisotopic (exact) mass is 799 g/mol. The van der Waals surface area contributed by atoms with E-state index in [0.717, 1.165) is 38.5 Å². The molecule has 0 aliphatic heterocycles. The molecule has 0 aromatic rings. The van der Waals surface area contributed by atoms with Crippen molar-refractivity contribution < 1.29 is 32.9 Å². The van der Waals surface area contributed by atoms with Crippen molar-refractivity contribution in [2.24, 2.45) is 0 Å². The summed E-state index contributed by atoms with van der Waals surface area (Å²) in [4.78, 5) is 25.3. The van der Waals surface area contributed by atoms with Crippen LogP contribution < -0.4 is 10.2 Å². The molecule has 0 fully saturated rings. The Kier molecular flexibility index (Phi) is 37.8. The lowest BCUT2D eigenvalue weighted by Crippen LogP contribution is -2.45. The molecular weight excluding hydrogens is 707 g/mol. The summed E-state index contributed by atoms with van der Waals surface area (Å²) in [7, 11) is 1.25. The van der Waals surface area contributed by atoms with E-state index in [1.54, 1.807) is 6.08 Å². The number of allylic oxidation sites excluding steroid dienone is 3. The summed E-state index contributed by atoms with van der Waals surface area (Å²) in [5.41, 5.74) is 0. The molecule has 0 rings (SSSR count). The van der Waals surface area contributed by atoms with Gasteiger partial charge in [-0.05, 0) is 32.1 Å². The third-order valence-electron chi connectivity index (χ3n) is 10.4. The molecule has 0 radical (unpaired) electrons. The van der Waals surface area contributed by atoms with Gasteiger partial charge in [0.25, 0.3) is 7.82 Å². The number of hydrogen-bond donors (Lipinski definition) is 2. The maximum atomic E-state index is 12.8. The van der Waals surface area contributed by atoms with E-state index in [1.807, 2.05) is 27.2 Å². The summed E-state index contributed by atoms with van der Waals surface area (Å²) in [6.45, 7) is 4.63. The van der Waals surface area contributed by atoms with Crippen LogP contribution in [0.5, 0.6) is 0 Å². The topological polar surface area (TPSA) is 108 Å². The van der Waals surface area contributed by atoms with Crippen molar-refractivity contribution in [3.05, 3.63) is 24.3 Å². The van der Waals surface area contributed by atoms with Crippen molar-refractivity contribution in [3.63, 3.8) is 0 Å². The number of hydrogen-bond acceptors (Lipinski definition) is 6. The number of phosphoric acid groups is 1. The van der Waals surface area contributed by atoms with Crippen molar-refractivity contribution in [1.29, 1.82) is 0 Å². The Morgan fingerprint density at radius 2 is 1.02 bits per heavy atom. The van der Waals surface area contributed by atoms with Gasteiger partial charge in [-0.25, -0.2) is 0 Å². The lowest BCUT2D eigenvalue weighted by atomic mass is 10.0. The predicted molar refractivity (Wildman–Crippen MR) is 233 cm³/mol. The van der Waals surface area contributed by atoms with E-state index < -0.39 is 20.0 Å². The molecule has 0 spiro atoms. The molecule has 2 N–H and O–H groups in total. The Balaban J connectivity index is 4.41. The number of nitrogens with zero attached hydrogens (tertiary/aromatic N) is 1. The normalized spacial score (nSPS) is 14.5.